The Morgan fingerprint density at radius 2 is 1.78 bits per heavy atom. The fourth-order valence-corrected chi connectivity index (χ4v) is 4.04. The van der Waals surface area contributed by atoms with Crippen molar-refractivity contribution < 1.29 is 4.79 Å². The van der Waals surface area contributed by atoms with Crippen molar-refractivity contribution in [3.8, 4) is 0 Å². The van der Waals surface area contributed by atoms with Crippen LogP contribution in [-0.4, -0.2) is 23.9 Å². The number of carbonyl (C=O) groups excluding carboxylic acids is 1. The number of hydrogen-bond acceptors (Lipinski definition) is 2. The third-order valence-electron chi connectivity index (χ3n) is 5.48. The summed E-state index contributed by atoms with van der Waals surface area (Å²) in [5.41, 5.74) is 9.31. The van der Waals surface area contributed by atoms with Crippen LogP contribution in [-0.2, 0) is 23.2 Å². The summed E-state index contributed by atoms with van der Waals surface area (Å²) in [6, 6.07) is 18.6. The minimum atomic E-state index is -0.387. The smallest absolute Gasteiger partial charge is 0.233 e. The molecule has 2 aliphatic rings. The van der Waals surface area contributed by atoms with E-state index in [2.05, 4.69) is 36.4 Å². The molecule has 0 bridgehead atoms. The maximum Gasteiger partial charge on any atom is 0.233 e. The molecule has 1 fully saturated rings. The van der Waals surface area contributed by atoms with Gasteiger partial charge in [0.2, 0.25) is 5.91 Å². The first-order valence-corrected chi connectivity index (χ1v) is 8.37. The number of benzene rings is 2. The Balaban J connectivity index is 1.63. The summed E-state index contributed by atoms with van der Waals surface area (Å²) in [6.45, 7) is 2.10. The van der Waals surface area contributed by atoms with Crippen LogP contribution in [0.1, 0.15) is 23.1 Å². The first-order chi connectivity index (χ1) is 11.3. The summed E-state index contributed by atoms with van der Waals surface area (Å²) >= 11 is 0. The van der Waals surface area contributed by atoms with Gasteiger partial charge in [0.05, 0.1) is 5.41 Å². The molecule has 3 heteroatoms. The van der Waals surface area contributed by atoms with Crippen LogP contribution in [0.2, 0.25) is 0 Å². The molecule has 1 saturated carbocycles. The Kier molecular flexibility index (Phi) is 3.46. The number of nitrogens with two attached hydrogens (primary N) is 1. The number of carbonyl (C=O) groups is 1. The maximum absolute atomic E-state index is 13.3. The molecule has 1 aliphatic heterocycles. The van der Waals surface area contributed by atoms with Crippen molar-refractivity contribution in [2.75, 3.05) is 13.1 Å². The summed E-state index contributed by atoms with van der Waals surface area (Å²) in [5.74, 6) is 0.531. The van der Waals surface area contributed by atoms with Gasteiger partial charge in [0, 0.05) is 13.1 Å². The van der Waals surface area contributed by atoms with Gasteiger partial charge in [-0.05, 0) is 42.0 Å². The number of rotatable bonds is 3. The van der Waals surface area contributed by atoms with E-state index in [1.807, 2.05) is 23.1 Å². The van der Waals surface area contributed by atoms with Crippen LogP contribution >= 0.6 is 0 Å². The highest BCUT2D eigenvalue weighted by atomic mass is 16.2. The number of fused-ring (bicyclic) bond motifs is 1. The van der Waals surface area contributed by atoms with Crippen LogP contribution in [0.5, 0.6) is 0 Å². The van der Waals surface area contributed by atoms with Crippen LogP contribution in [0.15, 0.2) is 54.6 Å². The Morgan fingerprint density at radius 1 is 1.09 bits per heavy atom. The van der Waals surface area contributed by atoms with Crippen molar-refractivity contribution >= 4 is 5.91 Å². The first kappa shape index (κ1) is 14.5. The summed E-state index contributed by atoms with van der Waals surface area (Å²) in [7, 11) is 0. The van der Waals surface area contributed by atoms with Crippen LogP contribution in [0.25, 0.3) is 0 Å². The fraction of sp³-hybridized carbons (Fsp3) is 0.350. The number of amides is 1. The van der Waals surface area contributed by atoms with E-state index in [0.29, 0.717) is 6.54 Å². The molecule has 2 aromatic rings. The second kappa shape index (κ2) is 5.50. The van der Waals surface area contributed by atoms with Crippen molar-refractivity contribution in [3.05, 3.63) is 71.3 Å². The fourth-order valence-electron chi connectivity index (χ4n) is 4.04. The maximum atomic E-state index is 13.3. The normalized spacial score (nSPS) is 25.8. The van der Waals surface area contributed by atoms with Crippen molar-refractivity contribution in [1.82, 2.24) is 4.90 Å². The standard InChI is InChI=1S/C20H22N2O/c21-13-18-12-20(18,17-8-2-1-3-9-17)19(23)22-11-10-15-6-4-5-7-16(15)14-22/h1-9,18H,10-14,21H2/t18-,20+/m0/s1. The van der Waals surface area contributed by atoms with E-state index in [4.69, 9.17) is 5.73 Å². The molecule has 23 heavy (non-hydrogen) atoms. The lowest BCUT2D eigenvalue weighted by molar-refractivity contribution is -0.135. The average molecular weight is 306 g/mol. The molecule has 2 N–H and O–H groups in total. The van der Waals surface area contributed by atoms with Gasteiger partial charge in [-0.25, -0.2) is 0 Å². The summed E-state index contributed by atoms with van der Waals surface area (Å²) < 4.78 is 0. The topological polar surface area (TPSA) is 46.3 Å². The molecule has 0 saturated heterocycles. The zero-order chi connectivity index (χ0) is 15.9. The van der Waals surface area contributed by atoms with E-state index in [-0.39, 0.29) is 17.2 Å². The molecule has 0 spiro atoms. The van der Waals surface area contributed by atoms with Gasteiger partial charge in [-0.2, -0.15) is 0 Å². The van der Waals surface area contributed by atoms with Gasteiger partial charge in [0.25, 0.3) is 0 Å². The van der Waals surface area contributed by atoms with Crippen LogP contribution < -0.4 is 5.73 Å². The second-order valence-electron chi connectivity index (χ2n) is 6.72. The summed E-state index contributed by atoms with van der Waals surface area (Å²) in [5, 5.41) is 0. The largest absolute Gasteiger partial charge is 0.337 e. The Hall–Kier alpha value is -2.13. The predicted molar refractivity (Wildman–Crippen MR) is 90.8 cm³/mol. The third kappa shape index (κ3) is 2.27. The molecular formula is C20H22N2O. The lowest BCUT2D eigenvalue weighted by atomic mass is 9.90. The molecule has 0 radical (unpaired) electrons. The first-order valence-electron chi connectivity index (χ1n) is 8.37. The van der Waals surface area contributed by atoms with E-state index in [1.165, 1.54) is 11.1 Å². The van der Waals surface area contributed by atoms with Crippen molar-refractivity contribution in [2.45, 2.75) is 24.8 Å². The van der Waals surface area contributed by atoms with Gasteiger partial charge in [-0.3, -0.25) is 4.79 Å². The molecule has 1 amide bonds. The Labute approximate surface area is 137 Å². The van der Waals surface area contributed by atoms with Crippen molar-refractivity contribution in [2.24, 2.45) is 11.7 Å². The third-order valence-corrected chi connectivity index (χ3v) is 5.48. The number of nitrogens with zero attached hydrogens (tertiary/aromatic N) is 1. The minimum absolute atomic E-state index is 0.258. The van der Waals surface area contributed by atoms with E-state index < -0.39 is 0 Å². The van der Waals surface area contributed by atoms with Gasteiger partial charge in [-0.15, -0.1) is 0 Å². The SMILES string of the molecule is NC[C@@H]1C[C@@]1(C(=O)N1CCc2ccccc2C1)c1ccccc1. The molecular weight excluding hydrogens is 284 g/mol. The second-order valence-corrected chi connectivity index (χ2v) is 6.72. The highest BCUT2D eigenvalue weighted by Gasteiger charge is 2.61. The minimum Gasteiger partial charge on any atom is -0.337 e. The van der Waals surface area contributed by atoms with Crippen LogP contribution in [0.4, 0.5) is 0 Å². The van der Waals surface area contributed by atoms with Crippen LogP contribution in [0.3, 0.4) is 0 Å². The zero-order valence-corrected chi connectivity index (χ0v) is 13.2. The number of hydrogen-bond donors (Lipinski definition) is 1. The zero-order valence-electron chi connectivity index (χ0n) is 13.2. The summed E-state index contributed by atoms with van der Waals surface area (Å²) in [4.78, 5) is 15.4. The van der Waals surface area contributed by atoms with Gasteiger partial charge in [0.1, 0.15) is 0 Å². The van der Waals surface area contributed by atoms with E-state index in [9.17, 15) is 4.79 Å². The Bertz CT molecular complexity index is 727. The molecule has 0 unspecified atom stereocenters. The molecule has 2 atom stereocenters. The molecule has 0 aromatic heterocycles. The van der Waals surface area contributed by atoms with E-state index >= 15 is 0 Å². The molecule has 1 heterocycles. The van der Waals surface area contributed by atoms with Crippen molar-refractivity contribution in [1.29, 1.82) is 0 Å². The molecule has 1 aliphatic carbocycles. The van der Waals surface area contributed by atoms with Gasteiger partial charge >= 0.3 is 0 Å². The average Bonchev–Trinajstić information content (AvgIpc) is 3.37. The Morgan fingerprint density at radius 3 is 2.48 bits per heavy atom. The molecule has 3 nitrogen and oxygen atoms in total. The van der Waals surface area contributed by atoms with Gasteiger partial charge in [0.15, 0.2) is 0 Å². The van der Waals surface area contributed by atoms with Gasteiger partial charge < -0.3 is 10.6 Å². The highest BCUT2D eigenvalue weighted by Crippen LogP contribution is 2.55. The molecule has 4 rings (SSSR count). The predicted octanol–water partition coefficient (Wildman–Crippen LogP) is 2.49. The van der Waals surface area contributed by atoms with Gasteiger partial charge in [-0.1, -0.05) is 54.6 Å². The highest BCUT2D eigenvalue weighted by molar-refractivity contribution is 5.92. The van der Waals surface area contributed by atoms with E-state index in [1.54, 1.807) is 0 Å². The van der Waals surface area contributed by atoms with E-state index in [0.717, 1.165) is 31.5 Å². The lowest BCUT2D eigenvalue weighted by Gasteiger charge is -2.32. The summed E-state index contributed by atoms with van der Waals surface area (Å²) in [6.07, 6.45) is 1.82. The molecule has 2 aromatic carbocycles. The van der Waals surface area contributed by atoms with Crippen LogP contribution in [0, 0.1) is 5.92 Å². The lowest BCUT2D eigenvalue weighted by Crippen LogP contribution is -2.43. The van der Waals surface area contributed by atoms with Crippen molar-refractivity contribution in [3.63, 3.8) is 0 Å². The quantitative estimate of drug-likeness (QED) is 0.947. The molecule has 118 valence electrons. The monoisotopic (exact) mass is 306 g/mol.